The Morgan fingerprint density at radius 3 is 2.41 bits per heavy atom. The molecule has 27 heavy (non-hydrogen) atoms. The molecule has 1 heterocycles. The second-order valence-corrected chi connectivity index (χ2v) is 7.40. The minimum absolute atomic E-state index is 0.0373. The third kappa shape index (κ3) is 3.69. The van der Waals surface area contributed by atoms with E-state index in [2.05, 4.69) is 10.2 Å². The van der Waals surface area contributed by atoms with Gasteiger partial charge >= 0.3 is 0 Å². The molecule has 1 aliphatic carbocycles. The number of carbonyl (C=O) groups excluding carboxylic acids is 1. The first-order valence-electron chi connectivity index (χ1n) is 9.68. The summed E-state index contributed by atoms with van der Waals surface area (Å²) in [6.45, 7) is 3.26. The van der Waals surface area contributed by atoms with E-state index in [9.17, 15) is 9.18 Å². The number of nitrogens with zero attached hydrogens (tertiary/aromatic N) is 1. The molecular weight excluding hydrogens is 343 g/mol. The Balaban J connectivity index is 1.51. The third-order valence-electron chi connectivity index (χ3n) is 5.77. The molecule has 1 saturated heterocycles. The first kappa shape index (κ1) is 18.0. The van der Waals surface area contributed by atoms with E-state index in [1.54, 1.807) is 6.07 Å². The smallest absolute Gasteiger partial charge is 0.235 e. The number of anilines is 2. The van der Waals surface area contributed by atoms with Crippen molar-refractivity contribution in [2.45, 2.75) is 31.1 Å². The van der Waals surface area contributed by atoms with Crippen LogP contribution in [0, 0.1) is 5.82 Å². The zero-order valence-corrected chi connectivity index (χ0v) is 15.4. The molecule has 0 spiro atoms. The number of benzene rings is 2. The Morgan fingerprint density at radius 2 is 1.74 bits per heavy atom. The van der Waals surface area contributed by atoms with Gasteiger partial charge in [0.2, 0.25) is 5.91 Å². The Bertz CT molecular complexity index is 794. The number of hydrogen-bond donors (Lipinski definition) is 1. The lowest BCUT2D eigenvalue weighted by Crippen LogP contribution is -2.38. The van der Waals surface area contributed by atoms with Crippen molar-refractivity contribution < 1.29 is 13.9 Å². The summed E-state index contributed by atoms with van der Waals surface area (Å²) >= 11 is 0. The molecule has 0 aromatic heterocycles. The Kier molecular flexibility index (Phi) is 5.12. The lowest BCUT2D eigenvalue weighted by atomic mass is 9.78. The molecular formula is C22H25FN2O2. The highest BCUT2D eigenvalue weighted by Gasteiger charge is 2.42. The van der Waals surface area contributed by atoms with E-state index in [0.717, 1.165) is 68.9 Å². The van der Waals surface area contributed by atoms with Crippen LogP contribution in [0.4, 0.5) is 15.8 Å². The maximum absolute atomic E-state index is 13.8. The largest absolute Gasteiger partial charge is 0.378 e. The highest BCUT2D eigenvalue weighted by molar-refractivity contribution is 5.99. The normalized spacial score (nSPS) is 19.1. The number of halogens is 1. The van der Waals surface area contributed by atoms with E-state index in [1.807, 2.05) is 30.3 Å². The van der Waals surface area contributed by atoms with E-state index in [-0.39, 0.29) is 11.7 Å². The molecule has 1 N–H and O–H groups in total. The van der Waals surface area contributed by atoms with Crippen LogP contribution in [0.1, 0.15) is 31.2 Å². The molecule has 0 bridgehead atoms. The van der Waals surface area contributed by atoms with E-state index in [0.29, 0.717) is 0 Å². The summed E-state index contributed by atoms with van der Waals surface area (Å²) in [5.74, 6) is -0.328. The van der Waals surface area contributed by atoms with E-state index in [4.69, 9.17) is 4.74 Å². The molecule has 2 aliphatic rings. The van der Waals surface area contributed by atoms with Crippen LogP contribution in [-0.4, -0.2) is 32.2 Å². The number of nitrogens with one attached hydrogen (secondary N) is 1. The summed E-state index contributed by atoms with van der Waals surface area (Å²) in [4.78, 5) is 15.5. The van der Waals surface area contributed by atoms with Crippen molar-refractivity contribution in [3.05, 3.63) is 59.9 Å². The van der Waals surface area contributed by atoms with Gasteiger partial charge in [0.25, 0.3) is 0 Å². The fourth-order valence-corrected chi connectivity index (χ4v) is 4.24. The second-order valence-electron chi connectivity index (χ2n) is 7.40. The number of morpholine rings is 1. The van der Waals surface area contributed by atoms with Crippen molar-refractivity contribution in [2.75, 3.05) is 36.5 Å². The molecule has 2 aromatic rings. The van der Waals surface area contributed by atoms with Crippen LogP contribution in [0.3, 0.4) is 0 Å². The molecule has 0 radical (unpaired) electrons. The van der Waals surface area contributed by atoms with Crippen LogP contribution in [0.25, 0.3) is 0 Å². The molecule has 5 heteroatoms. The second kappa shape index (κ2) is 7.69. The van der Waals surface area contributed by atoms with Gasteiger partial charge in [-0.3, -0.25) is 4.79 Å². The number of rotatable bonds is 4. The maximum Gasteiger partial charge on any atom is 0.235 e. The Morgan fingerprint density at radius 1 is 1.04 bits per heavy atom. The minimum Gasteiger partial charge on any atom is -0.378 e. The van der Waals surface area contributed by atoms with Gasteiger partial charge in [-0.05, 0) is 54.8 Å². The molecule has 2 aromatic carbocycles. The summed E-state index contributed by atoms with van der Waals surface area (Å²) in [6, 6.07) is 14.4. The predicted octanol–water partition coefficient (Wildman–Crippen LogP) is 4.11. The van der Waals surface area contributed by atoms with Gasteiger partial charge in [0, 0.05) is 24.5 Å². The van der Waals surface area contributed by atoms with Crippen LogP contribution in [-0.2, 0) is 14.9 Å². The molecule has 4 nitrogen and oxygen atoms in total. The maximum atomic E-state index is 13.8. The highest BCUT2D eigenvalue weighted by atomic mass is 19.1. The van der Waals surface area contributed by atoms with Crippen molar-refractivity contribution in [2.24, 2.45) is 0 Å². The fourth-order valence-electron chi connectivity index (χ4n) is 4.24. The molecule has 1 saturated carbocycles. The van der Waals surface area contributed by atoms with Gasteiger partial charge in [-0.25, -0.2) is 4.39 Å². The van der Waals surface area contributed by atoms with E-state index in [1.165, 1.54) is 12.1 Å². The summed E-state index contributed by atoms with van der Waals surface area (Å²) in [5.41, 5.74) is 2.06. The highest BCUT2D eigenvalue weighted by Crippen LogP contribution is 2.42. The van der Waals surface area contributed by atoms with Crippen molar-refractivity contribution in [1.82, 2.24) is 0 Å². The van der Waals surface area contributed by atoms with Gasteiger partial charge in [0.1, 0.15) is 5.82 Å². The van der Waals surface area contributed by atoms with Crippen LogP contribution in [0.15, 0.2) is 48.5 Å². The van der Waals surface area contributed by atoms with Crippen molar-refractivity contribution in [3.8, 4) is 0 Å². The Labute approximate surface area is 159 Å². The summed E-state index contributed by atoms with van der Waals surface area (Å²) in [5, 5.41) is 3.07. The fraction of sp³-hybridized carbons (Fsp3) is 0.409. The summed E-state index contributed by atoms with van der Waals surface area (Å²) in [7, 11) is 0. The molecule has 0 unspecified atom stereocenters. The van der Waals surface area contributed by atoms with Crippen molar-refractivity contribution in [3.63, 3.8) is 0 Å². The first-order chi connectivity index (χ1) is 13.2. The average molecular weight is 368 g/mol. The van der Waals surface area contributed by atoms with Gasteiger partial charge in [-0.15, -0.1) is 0 Å². The number of amides is 1. The molecule has 2 fully saturated rings. The van der Waals surface area contributed by atoms with Crippen LogP contribution < -0.4 is 10.2 Å². The molecule has 0 atom stereocenters. The zero-order chi connectivity index (χ0) is 18.7. The van der Waals surface area contributed by atoms with E-state index >= 15 is 0 Å². The minimum atomic E-state index is -0.634. The number of hydrogen-bond acceptors (Lipinski definition) is 3. The number of carbonyl (C=O) groups is 1. The quantitative estimate of drug-likeness (QED) is 0.883. The van der Waals surface area contributed by atoms with Crippen LogP contribution in [0.5, 0.6) is 0 Å². The zero-order valence-electron chi connectivity index (χ0n) is 15.4. The van der Waals surface area contributed by atoms with Gasteiger partial charge in [0.15, 0.2) is 0 Å². The van der Waals surface area contributed by atoms with Gasteiger partial charge in [-0.1, -0.05) is 25.0 Å². The summed E-state index contributed by atoms with van der Waals surface area (Å²) in [6.07, 6.45) is 3.49. The topological polar surface area (TPSA) is 41.6 Å². The predicted molar refractivity (Wildman–Crippen MR) is 105 cm³/mol. The molecule has 1 aliphatic heterocycles. The lowest BCUT2D eigenvalue weighted by Gasteiger charge is -2.30. The van der Waals surface area contributed by atoms with E-state index < -0.39 is 5.41 Å². The van der Waals surface area contributed by atoms with Gasteiger partial charge in [0.05, 0.1) is 18.6 Å². The molecule has 142 valence electrons. The third-order valence-corrected chi connectivity index (χ3v) is 5.77. The lowest BCUT2D eigenvalue weighted by molar-refractivity contribution is -0.121. The average Bonchev–Trinajstić information content (AvgIpc) is 3.21. The Hall–Kier alpha value is -2.40. The van der Waals surface area contributed by atoms with Crippen LogP contribution >= 0.6 is 0 Å². The SMILES string of the molecule is O=C(Nc1ccc(N2CCOCC2)cc1)C1(c2cccc(F)c2)CCCC1. The van der Waals surface area contributed by atoms with Gasteiger partial charge < -0.3 is 15.0 Å². The van der Waals surface area contributed by atoms with Crippen LogP contribution in [0.2, 0.25) is 0 Å². The molecule has 4 rings (SSSR count). The van der Waals surface area contributed by atoms with Crippen molar-refractivity contribution in [1.29, 1.82) is 0 Å². The number of ether oxygens (including phenoxy) is 1. The first-order valence-corrected chi connectivity index (χ1v) is 9.68. The van der Waals surface area contributed by atoms with Gasteiger partial charge in [-0.2, -0.15) is 0 Å². The monoisotopic (exact) mass is 368 g/mol. The standard InChI is InChI=1S/C22H25FN2O2/c23-18-5-3-4-17(16-18)22(10-1-2-11-22)21(26)24-19-6-8-20(9-7-19)25-12-14-27-15-13-25/h3-9,16H,1-2,10-15H2,(H,24,26). The molecule has 1 amide bonds. The summed E-state index contributed by atoms with van der Waals surface area (Å²) < 4.78 is 19.1. The van der Waals surface area contributed by atoms with Crippen molar-refractivity contribution >= 4 is 17.3 Å².